The van der Waals surface area contributed by atoms with E-state index >= 15 is 0 Å². The summed E-state index contributed by atoms with van der Waals surface area (Å²) in [5, 5.41) is 4.53. The zero-order chi connectivity index (χ0) is 15.6. The maximum absolute atomic E-state index is 5.80. The van der Waals surface area contributed by atoms with Crippen LogP contribution in [-0.4, -0.2) is 17.1 Å². The summed E-state index contributed by atoms with van der Waals surface area (Å²) in [4.78, 5) is 6.05. The molecule has 1 aromatic heterocycles. The molecule has 6 heteroatoms. The van der Waals surface area contributed by atoms with Gasteiger partial charge >= 0.3 is 0 Å². The molecule has 3 N–H and O–H groups in total. The van der Waals surface area contributed by atoms with E-state index in [2.05, 4.69) is 17.2 Å². The first-order valence-corrected chi connectivity index (χ1v) is 7.83. The lowest BCUT2D eigenvalue weighted by Gasteiger charge is -2.18. The molecule has 0 aliphatic carbocycles. The number of thiocarbonyl (C=S) groups is 1. The minimum Gasteiger partial charge on any atom is -0.497 e. The molecule has 2 aromatic rings. The molecule has 0 aliphatic rings. The number of thiazole rings is 1. The molecule has 1 aromatic carbocycles. The first-order chi connectivity index (χ1) is 9.92. The minimum absolute atomic E-state index is 0.122. The fourth-order valence-corrected chi connectivity index (χ4v) is 3.34. The van der Waals surface area contributed by atoms with Crippen molar-refractivity contribution in [3.63, 3.8) is 0 Å². The quantitative estimate of drug-likeness (QED) is 0.824. The minimum atomic E-state index is 0.122. The first kappa shape index (κ1) is 15.7. The lowest BCUT2D eigenvalue weighted by Crippen LogP contribution is -2.15. The van der Waals surface area contributed by atoms with Crippen LogP contribution in [0.25, 0.3) is 0 Å². The van der Waals surface area contributed by atoms with Crippen molar-refractivity contribution in [3.8, 4) is 5.75 Å². The highest BCUT2D eigenvalue weighted by Gasteiger charge is 2.15. The molecule has 1 atom stereocenters. The summed E-state index contributed by atoms with van der Waals surface area (Å²) in [6.07, 6.45) is 0. The van der Waals surface area contributed by atoms with E-state index < -0.39 is 0 Å². The lowest BCUT2D eigenvalue weighted by atomic mass is 10.1. The molecule has 0 saturated heterocycles. The van der Waals surface area contributed by atoms with E-state index in [-0.39, 0.29) is 6.04 Å². The highest BCUT2D eigenvalue weighted by molar-refractivity contribution is 7.80. The fourth-order valence-electron chi connectivity index (χ4n) is 2.23. The Morgan fingerprint density at radius 2 is 2.14 bits per heavy atom. The van der Waals surface area contributed by atoms with Crippen LogP contribution in [-0.2, 0) is 0 Å². The standard InChI is InChI=1S/C15H19N3OS2/c1-8-14(21-10(3)17-8)9(2)18-13-7-11(19-4)5-6-12(13)15(16)20/h5-7,9,18H,1-4H3,(H2,16,20). The van der Waals surface area contributed by atoms with Gasteiger partial charge in [0.2, 0.25) is 0 Å². The lowest BCUT2D eigenvalue weighted by molar-refractivity contribution is 0.415. The SMILES string of the molecule is COc1ccc(C(N)=S)c(NC(C)c2sc(C)nc2C)c1. The molecule has 0 aliphatic heterocycles. The molecular formula is C15H19N3OS2. The number of hydrogen-bond donors (Lipinski definition) is 2. The second kappa shape index (κ2) is 6.41. The molecule has 21 heavy (non-hydrogen) atoms. The van der Waals surface area contributed by atoms with Crippen molar-refractivity contribution in [1.29, 1.82) is 0 Å². The number of aromatic nitrogens is 1. The zero-order valence-electron chi connectivity index (χ0n) is 12.6. The topological polar surface area (TPSA) is 60.2 Å². The predicted octanol–water partition coefficient (Wildman–Crippen LogP) is 3.58. The van der Waals surface area contributed by atoms with Crippen molar-refractivity contribution >= 4 is 34.2 Å². The molecule has 0 spiro atoms. The van der Waals surface area contributed by atoms with Crippen molar-refractivity contribution in [2.45, 2.75) is 26.8 Å². The second-order valence-corrected chi connectivity index (χ2v) is 6.50. The molecule has 1 unspecified atom stereocenters. The number of methoxy groups -OCH3 is 1. The predicted molar refractivity (Wildman–Crippen MR) is 92.5 cm³/mol. The molecule has 0 bridgehead atoms. The van der Waals surface area contributed by atoms with Gasteiger partial charge in [-0.05, 0) is 32.9 Å². The van der Waals surface area contributed by atoms with Crippen LogP contribution in [0.5, 0.6) is 5.75 Å². The number of benzene rings is 1. The van der Waals surface area contributed by atoms with Gasteiger partial charge in [0.1, 0.15) is 10.7 Å². The summed E-state index contributed by atoms with van der Waals surface area (Å²) in [6, 6.07) is 5.76. The van der Waals surface area contributed by atoms with Gasteiger partial charge in [-0.15, -0.1) is 11.3 Å². The molecule has 0 amide bonds. The van der Waals surface area contributed by atoms with E-state index in [4.69, 9.17) is 22.7 Å². The van der Waals surface area contributed by atoms with Crippen molar-refractivity contribution in [3.05, 3.63) is 39.3 Å². The molecule has 112 valence electrons. The van der Waals surface area contributed by atoms with Crippen LogP contribution in [0, 0.1) is 13.8 Å². The summed E-state index contributed by atoms with van der Waals surface area (Å²) in [5.74, 6) is 0.766. The molecule has 2 rings (SSSR count). The van der Waals surface area contributed by atoms with Crippen LogP contribution < -0.4 is 15.8 Å². The van der Waals surface area contributed by atoms with Gasteiger partial charge in [-0.1, -0.05) is 12.2 Å². The number of ether oxygens (including phenoxy) is 1. The van der Waals surface area contributed by atoms with Crippen molar-refractivity contribution in [2.24, 2.45) is 5.73 Å². The third-order valence-electron chi connectivity index (χ3n) is 3.20. The molecule has 0 radical (unpaired) electrons. The zero-order valence-corrected chi connectivity index (χ0v) is 14.2. The Labute approximate surface area is 134 Å². The van der Waals surface area contributed by atoms with Crippen LogP contribution in [0.15, 0.2) is 18.2 Å². The summed E-state index contributed by atoms with van der Waals surface area (Å²) in [6.45, 7) is 6.14. The van der Waals surface area contributed by atoms with E-state index in [0.29, 0.717) is 4.99 Å². The summed E-state index contributed by atoms with van der Waals surface area (Å²) in [7, 11) is 1.64. The highest BCUT2D eigenvalue weighted by Crippen LogP contribution is 2.30. The Balaban J connectivity index is 2.33. The third kappa shape index (κ3) is 3.51. The molecule has 1 heterocycles. The number of rotatable bonds is 5. The maximum Gasteiger partial charge on any atom is 0.120 e. The van der Waals surface area contributed by atoms with Gasteiger partial charge in [0.25, 0.3) is 0 Å². The Morgan fingerprint density at radius 1 is 1.43 bits per heavy atom. The van der Waals surface area contributed by atoms with Gasteiger partial charge in [-0.25, -0.2) is 4.98 Å². The molecule has 4 nitrogen and oxygen atoms in total. The summed E-state index contributed by atoms with van der Waals surface area (Å²) >= 11 is 6.81. The molecule has 0 saturated carbocycles. The first-order valence-electron chi connectivity index (χ1n) is 6.60. The number of nitrogens with zero attached hydrogens (tertiary/aromatic N) is 1. The van der Waals surface area contributed by atoms with E-state index in [0.717, 1.165) is 27.7 Å². The average Bonchev–Trinajstić information content (AvgIpc) is 2.77. The van der Waals surface area contributed by atoms with E-state index in [1.807, 2.05) is 32.0 Å². The van der Waals surface area contributed by atoms with Crippen LogP contribution in [0.2, 0.25) is 0 Å². The smallest absolute Gasteiger partial charge is 0.120 e. The average molecular weight is 321 g/mol. The maximum atomic E-state index is 5.80. The number of nitrogens with one attached hydrogen (secondary N) is 1. The van der Waals surface area contributed by atoms with Gasteiger partial charge in [-0.3, -0.25) is 0 Å². The van der Waals surface area contributed by atoms with E-state index in [9.17, 15) is 0 Å². The fraction of sp³-hybridized carbons (Fsp3) is 0.333. The Morgan fingerprint density at radius 3 is 2.67 bits per heavy atom. The number of hydrogen-bond acceptors (Lipinski definition) is 5. The summed E-state index contributed by atoms with van der Waals surface area (Å²) in [5.41, 5.74) is 8.54. The normalized spacial score (nSPS) is 12.0. The number of nitrogens with two attached hydrogens (primary N) is 1. The Hall–Kier alpha value is -1.66. The largest absolute Gasteiger partial charge is 0.497 e. The second-order valence-electron chi connectivity index (χ2n) is 4.82. The van der Waals surface area contributed by atoms with E-state index in [1.54, 1.807) is 18.4 Å². The van der Waals surface area contributed by atoms with Crippen molar-refractivity contribution < 1.29 is 4.74 Å². The van der Waals surface area contributed by atoms with Gasteiger partial charge < -0.3 is 15.8 Å². The van der Waals surface area contributed by atoms with E-state index in [1.165, 1.54) is 4.88 Å². The van der Waals surface area contributed by atoms with Crippen LogP contribution in [0.4, 0.5) is 5.69 Å². The number of anilines is 1. The van der Waals surface area contributed by atoms with Crippen molar-refractivity contribution in [2.75, 3.05) is 12.4 Å². The van der Waals surface area contributed by atoms with Gasteiger partial charge in [0, 0.05) is 22.2 Å². The molecule has 0 fully saturated rings. The Kier molecular flexibility index (Phi) is 4.80. The number of aryl methyl sites for hydroxylation is 2. The van der Waals surface area contributed by atoms with Crippen LogP contribution in [0.3, 0.4) is 0 Å². The monoisotopic (exact) mass is 321 g/mol. The molecular weight excluding hydrogens is 302 g/mol. The van der Waals surface area contributed by atoms with Crippen molar-refractivity contribution in [1.82, 2.24) is 4.98 Å². The van der Waals surface area contributed by atoms with Crippen LogP contribution in [0.1, 0.15) is 34.1 Å². The van der Waals surface area contributed by atoms with Gasteiger partial charge in [0.05, 0.1) is 23.9 Å². The Bertz CT molecular complexity index is 667. The highest BCUT2D eigenvalue weighted by atomic mass is 32.1. The van der Waals surface area contributed by atoms with Gasteiger partial charge in [-0.2, -0.15) is 0 Å². The van der Waals surface area contributed by atoms with Gasteiger partial charge in [0.15, 0.2) is 0 Å². The summed E-state index contributed by atoms with van der Waals surface area (Å²) < 4.78 is 5.27. The van der Waals surface area contributed by atoms with Crippen LogP contribution >= 0.6 is 23.6 Å². The third-order valence-corrected chi connectivity index (χ3v) is 4.67.